The second kappa shape index (κ2) is 6.51. The zero-order valence-corrected chi connectivity index (χ0v) is 16.1. The Labute approximate surface area is 167 Å². The zero-order valence-electron chi connectivity index (χ0n) is 16.1. The summed E-state index contributed by atoms with van der Waals surface area (Å²) in [5.74, 6) is 0. The van der Waals surface area contributed by atoms with Gasteiger partial charge in [-0.15, -0.1) is 0 Å². The standard InChI is InChI=1S/C23H22N6/c1-2-9-29(10-3-1)22-6-4-5-19-17(22)12-21(26-19)23-18-11-15(16-13-24-25-14-16)7-8-20(18)27-28-23/h4-8,11-14,26H,1-3,9-10H2,(H,24,25)(H,27,28). The van der Waals surface area contributed by atoms with Crippen LogP contribution in [0, 0.1) is 0 Å². The van der Waals surface area contributed by atoms with Crippen LogP contribution < -0.4 is 4.90 Å². The molecule has 144 valence electrons. The van der Waals surface area contributed by atoms with Crippen LogP contribution in [0.4, 0.5) is 5.69 Å². The molecule has 3 N–H and O–H groups in total. The van der Waals surface area contributed by atoms with Crippen molar-refractivity contribution in [2.75, 3.05) is 18.0 Å². The summed E-state index contributed by atoms with van der Waals surface area (Å²) in [6.07, 6.45) is 7.63. The molecule has 2 aromatic carbocycles. The van der Waals surface area contributed by atoms with E-state index >= 15 is 0 Å². The molecule has 6 rings (SSSR count). The number of hydrogen-bond acceptors (Lipinski definition) is 3. The maximum Gasteiger partial charge on any atom is 0.116 e. The Kier molecular flexibility index (Phi) is 3.69. The van der Waals surface area contributed by atoms with E-state index in [9.17, 15) is 0 Å². The molecule has 1 saturated heterocycles. The smallest absolute Gasteiger partial charge is 0.116 e. The SMILES string of the molecule is c1cc(N2CCCCC2)c2cc(-c3n[nH]c4ccc(-c5cn[nH]c5)cc34)[nH]c2c1. The average Bonchev–Trinajstić information content (AvgIpc) is 3.52. The highest BCUT2D eigenvalue weighted by Gasteiger charge is 2.17. The first-order valence-corrected chi connectivity index (χ1v) is 10.2. The molecular formula is C23H22N6. The van der Waals surface area contributed by atoms with Gasteiger partial charge in [-0.05, 0) is 55.2 Å². The molecule has 4 heterocycles. The van der Waals surface area contributed by atoms with Crippen molar-refractivity contribution in [3.63, 3.8) is 0 Å². The average molecular weight is 382 g/mol. The molecule has 0 saturated carbocycles. The number of fused-ring (bicyclic) bond motifs is 2. The number of rotatable bonds is 3. The normalized spacial score (nSPS) is 14.8. The van der Waals surface area contributed by atoms with Crippen LogP contribution >= 0.6 is 0 Å². The molecule has 0 amide bonds. The van der Waals surface area contributed by atoms with Crippen LogP contribution in [0.1, 0.15) is 19.3 Å². The molecule has 3 aromatic heterocycles. The third-order valence-electron chi connectivity index (χ3n) is 5.99. The lowest BCUT2D eigenvalue weighted by Crippen LogP contribution is -2.29. The minimum atomic E-state index is 0.950. The first-order chi connectivity index (χ1) is 14.4. The third-order valence-corrected chi connectivity index (χ3v) is 5.99. The number of nitrogens with zero attached hydrogens (tertiary/aromatic N) is 3. The summed E-state index contributed by atoms with van der Waals surface area (Å²) in [5.41, 5.74) is 7.70. The highest BCUT2D eigenvalue weighted by molar-refractivity contribution is 6.00. The second-order valence-electron chi connectivity index (χ2n) is 7.79. The number of hydrogen-bond donors (Lipinski definition) is 3. The van der Waals surface area contributed by atoms with Crippen LogP contribution in [0.2, 0.25) is 0 Å². The van der Waals surface area contributed by atoms with Gasteiger partial charge < -0.3 is 9.88 Å². The summed E-state index contributed by atoms with van der Waals surface area (Å²) >= 11 is 0. The zero-order chi connectivity index (χ0) is 19.2. The molecule has 6 heteroatoms. The molecule has 0 bridgehead atoms. The first kappa shape index (κ1) is 16.4. The van der Waals surface area contributed by atoms with Gasteiger partial charge >= 0.3 is 0 Å². The Balaban J connectivity index is 1.48. The van der Waals surface area contributed by atoms with Gasteiger partial charge in [0.15, 0.2) is 0 Å². The van der Waals surface area contributed by atoms with E-state index in [1.807, 2.05) is 12.4 Å². The number of aromatic nitrogens is 5. The van der Waals surface area contributed by atoms with E-state index in [2.05, 4.69) is 72.7 Å². The summed E-state index contributed by atoms with van der Waals surface area (Å²) in [6, 6.07) is 15.1. The van der Waals surface area contributed by atoms with Gasteiger partial charge in [0.25, 0.3) is 0 Å². The quantitative estimate of drug-likeness (QED) is 0.407. The van der Waals surface area contributed by atoms with Crippen molar-refractivity contribution < 1.29 is 0 Å². The maximum absolute atomic E-state index is 4.63. The molecule has 0 aliphatic carbocycles. The van der Waals surface area contributed by atoms with Crippen LogP contribution in [-0.2, 0) is 0 Å². The van der Waals surface area contributed by atoms with Gasteiger partial charge in [0.2, 0.25) is 0 Å². The summed E-state index contributed by atoms with van der Waals surface area (Å²) in [6.45, 7) is 2.28. The van der Waals surface area contributed by atoms with Crippen molar-refractivity contribution >= 4 is 27.5 Å². The van der Waals surface area contributed by atoms with E-state index in [0.29, 0.717) is 0 Å². The Bertz CT molecular complexity index is 1290. The Morgan fingerprint density at radius 2 is 1.79 bits per heavy atom. The number of piperidine rings is 1. The van der Waals surface area contributed by atoms with Crippen LogP contribution in [0.15, 0.2) is 54.9 Å². The Morgan fingerprint density at radius 1 is 0.862 bits per heavy atom. The van der Waals surface area contributed by atoms with Crippen LogP contribution in [-0.4, -0.2) is 38.5 Å². The van der Waals surface area contributed by atoms with Crippen molar-refractivity contribution in [3.05, 3.63) is 54.9 Å². The van der Waals surface area contributed by atoms with Gasteiger partial charge in [-0.1, -0.05) is 12.1 Å². The topological polar surface area (TPSA) is 76.4 Å². The minimum Gasteiger partial charge on any atom is -0.371 e. The number of anilines is 1. The van der Waals surface area contributed by atoms with E-state index in [1.54, 1.807) is 0 Å². The van der Waals surface area contributed by atoms with E-state index in [-0.39, 0.29) is 0 Å². The second-order valence-corrected chi connectivity index (χ2v) is 7.79. The summed E-state index contributed by atoms with van der Waals surface area (Å²) in [5, 5.41) is 17.1. The molecule has 29 heavy (non-hydrogen) atoms. The molecule has 0 atom stereocenters. The Morgan fingerprint density at radius 3 is 2.66 bits per heavy atom. The van der Waals surface area contributed by atoms with Gasteiger partial charge in [-0.3, -0.25) is 10.2 Å². The lowest BCUT2D eigenvalue weighted by atomic mass is 10.1. The largest absolute Gasteiger partial charge is 0.371 e. The molecule has 0 unspecified atom stereocenters. The lowest BCUT2D eigenvalue weighted by molar-refractivity contribution is 0.579. The lowest BCUT2D eigenvalue weighted by Gasteiger charge is -2.29. The minimum absolute atomic E-state index is 0.950. The predicted molar refractivity (Wildman–Crippen MR) is 117 cm³/mol. The maximum atomic E-state index is 4.63. The number of aromatic amines is 3. The highest BCUT2D eigenvalue weighted by Crippen LogP contribution is 2.35. The van der Waals surface area contributed by atoms with Crippen molar-refractivity contribution in [1.82, 2.24) is 25.4 Å². The predicted octanol–water partition coefficient (Wildman–Crippen LogP) is 5.09. The molecule has 0 radical (unpaired) electrons. The van der Waals surface area contributed by atoms with Crippen LogP contribution in [0.5, 0.6) is 0 Å². The molecule has 1 aliphatic rings. The molecule has 5 aromatic rings. The monoisotopic (exact) mass is 382 g/mol. The summed E-state index contributed by atoms with van der Waals surface area (Å²) in [4.78, 5) is 6.11. The fraction of sp³-hybridized carbons (Fsp3) is 0.217. The van der Waals surface area contributed by atoms with E-state index < -0.39 is 0 Å². The van der Waals surface area contributed by atoms with Crippen molar-refractivity contribution in [1.29, 1.82) is 0 Å². The number of H-pyrrole nitrogens is 3. The third kappa shape index (κ3) is 2.71. The first-order valence-electron chi connectivity index (χ1n) is 10.2. The van der Waals surface area contributed by atoms with Gasteiger partial charge in [0, 0.05) is 46.8 Å². The summed E-state index contributed by atoms with van der Waals surface area (Å²) in [7, 11) is 0. The van der Waals surface area contributed by atoms with Gasteiger partial charge in [0.05, 0.1) is 17.4 Å². The van der Waals surface area contributed by atoms with Crippen LogP contribution in [0.25, 0.3) is 44.3 Å². The van der Waals surface area contributed by atoms with Crippen LogP contribution in [0.3, 0.4) is 0 Å². The van der Waals surface area contributed by atoms with Gasteiger partial charge in [0.1, 0.15) is 5.69 Å². The molecule has 1 fully saturated rings. The molecular weight excluding hydrogens is 360 g/mol. The molecule has 1 aliphatic heterocycles. The van der Waals surface area contributed by atoms with Gasteiger partial charge in [-0.25, -0.2) is 0 Å². The fourth-order valence-electron chi connectivity index (χ4n) is 4.48. The van der Waals surface area contributed by atoms with E-state index in [0.717, 1.165) is 52.0 Å². The highest BCUT2D eigenvalue weighted by atomic mass is 15.1. The Hall–Kier alpha value is -3.54. The number of nitrogens with one attached hydrogen (secondary N) is 3. The van der Waals surface area contributed by atoms with E-state index in [1.165, 1.54) is 30.3 Å². The fourth-order valence-corrected chi connectivity index (χ4v) is 4.48. The number of benzene rings is 2. The van der Waals surface area contributed by atoms with Crippen molar-refractivity contribution in [2.24, 2.45) is 0 Å². The van der Waals surface area contributed by atoms with Crippen molar-refractivity contribution in [3.8, 4) is 22.5 Å². The van der Waals surface area contributed by atoms with Gasteiger partial charge in [-0.2, -0.15) is 10.2 Å². The van der Waals surface area contributed by atoms with E-state index in [4.69, 9.17) is 0 Å². The molecule has 6 nitrogen and oxygen atoms in total. The summed E-state index contributed by atoms with van der Waals surface area (Å²) < 4.78 is 0. The molecule has 0 spiro atoms. The van der Waals surface area contributed by atoms with Crippen molar-refractivity contribution in [2.45, 2.75) is 19.3 Å².